The zero-order valence-corrected chi connectivity index (χ0v) is 15.5. The van der Waals surface area contributed by atoms with Gasteiger partial charge >= 0.3 is 0 Å². The summed E-state index contributed by atoms with van der Waals surface area (Å²) in [4.78, 5) is 13.4. The van der Waals surface area contributed by atoms with Gasteiger partial charge in [-0.2, -0.15) is 4.31 Å². The molecular weight excluding hydrogens is 326 g/mol. The molecule has 2 rings (SSSR count). The van der Waals surface area contributed by atoms with Gasteiger partial charge in [0.1, 0.15) is 0 Å². The van der Waals surface area contributed by atoms with Crippen molar-refractivity contribution in [3.05, 3.63) is 29.8 Å². The van der Waals surface area contributed by atoms with Gasteiger partial charge in [0.05, 0.1) is 31.1 Å². The molecule has 1 aromatic rings. The van der Waals surface area contributed by atoms with Crippen molar-refractivity contribution >= 4 is 15.9 Å². The summed E-state index contributed by atoms with van der Waals surface area (Å²) in [5, 5.41) is 2.96. The van der Waals surface area contributed by atoms with Gasteiger partial charge in [0.2, 0.25) is 10.0 Å². The Morgan fingerprint density at radius 3 is 2.38 bits per heavy atom. The molecule has 0 radical (unpaired) electrons. The molecule has 1 amide bonds. The number of hydrogen-bond donors (Lipinski definition) is 2. The van der Waals surface area contributed by atoms with E-state index in [9.17, 15) is 13.2 Å². The van der Waals surface area contributed by atoms with Gasteiger partial charge < -0.3 is 10.2 Å². The lowest BCUT2D eigenvalue weighted by Crippen LogP contribution is -3.15. The molecule has 1 atom stereocenters. The van der Waals surface area contributed by atoms with Crippen LogP contribution in [0.4, 0.5) is 0 Å². The van der Waals surface area contributed by atoms with Crippen LogP contribution >= 0.6 is 0 Å². The van der Waals surface area contributed by atoms with Gasteiger partial charge in [0.25, 0.3) is 5.91 Å². The smallest absolute Gasteiger partial charge is 0.275 e. The predicted molar refractivity (Wildman–Crippen MR) is 93.4 cm³/mol. The van der Waals surface area contributed by atoms with E-state index in [1.165, 1.54) is 4.31 Å². The van der Waals surface area contributed by atoms with Crippen LogP contribution in [0.1, 0.15) is 25.8 Å². The molecule has 2 N–H and O–H groups in total. The van der Waals surface area contributed by atoms with Crippen molar-refractivity contribution < 1.29 is 18.1 Å². The largest absolute Gasteiger partial charge is 0.349 e. The molecule has 1 aliphatic heterocycles. The van der Waals surface area contributed by atoms with Crippen LogP contribution in [-0.4, -0.2) is 57.4 Å². The minimum atomic E-state index is -3.43. The summed E-state index contributed by atoms with van der Waals surface area (Å²) in [6.07, 6.45) is 0.906. The molecule has 7 heteroatoms. The molecule has 1 saturated heterocycles. The molecule has 1 aromatic carbocycles. The predicted octanol–water partition coefficient (Wildman–Crippen LogP) is -0.201. The Bertz CT molecular complexity index is 650. The molecule has 134 valence electrons. The Morgan fingerprint density at radius 1 is 1.25 bits per heavy atom. The summed E-state index contributed by atoms with van der Waals surface area (Å²) in [7, 11) is -3.43. The first-order valence-corrected chi connectivity index (χ1v) is 9.96. The maximum atomic E-state index is 12.6. The minimum absolute atomic E-state index is 0.0363. The third-order valence-electron chi connectivity index (χ3n) is 4.52. The molecule has 1 fully saturated rings. The Kier molecular flexibility index (Phi) is 6.37. The van der Waals surface area contributed by atoms with Crippen LogP contribution in [0.2, 0.25) is 0 Å². The van der Waals surface area contributed by atoms with E-state index in [0.29, 0.717) is 37.6 Å². The number of amides is 1. The number of carbonyl (C=O) groups is 1. The van der Waals surface area contributed by atoms with Crippen molar-refractivity contribution in [3.8, 4) is 0 Å². The van der Waals surface area contributed by atoms with Crippen molar-refractivity contribution in [3.63, 3.8) is 0 Å². The van der Waals surface area contributed by atoms with E-state index in [4.69, 9.17) is 0 Å². The first-order valence-electron chi connectivity index (χ1n) is 8.52. The Hall–Kier alpha value is -1.44. The molecule has 0 bridgehead atoms. The highest BCUT2D eigenvalue weighted by molar-refractivity contribution is 7.89. The monoisotopic (exact) mass is 354 g/mol. The van der Waals surface area contributed by atoms with Gasteiger partial charge in [-0.1, -0.05) is 24.6 Å². The first kappa shape index (κ1) is 18.9. The van der Waals surface area contributed by atoms with E-state index < -0.39 is 10.0 Å². The second-order valence-electron chi connectivity index (χ2n) is 6.52. The maximum Gasteiger partial charge on any atom is 0.275 e. The van der Waals surface area contributed by atoms with Crippen molar-refractivity contribution in [2.24, 2.45) is 0 Å². The molecule has 0 unspecified atom stereocenters. The summed E-state index contributed by atoms with van der Waals surface area (Å²) in [5.41, 5.74) is 1.04. The fourth-order valence-electron chi connectivity index (χ4n) is 2.73. The van der Waals surface area contributed by atoms with Crippen LogP contribution in [0.3, 0.4) is 0 Å². The topological polar surface area (TPSA) is 70.9 Å². The van der Waals surface area contributed by atoms with E-state index in [0.717, 1.165) is 16.9 Å². The van der Waals surface area contributed by atoms with Crippen LogP contribution in [0, 0.1) is 6.92 Å². The second kappa shape index (κ2) is 8.09. The zero-order chi connectivity index (χ0) is 17.7. The number of quaternary nitrogens is 1. The number of nitrogens with zero attached hydrogens (tertiary/aromatic N) is 1. The molecular formula is C17H28N3O3S+. The van der Waals surface area contributed by atoms with Crippen LogP contribution < -0.4 is 10.2 Å². The molecule has 0 aromatic heterocycles. The van der Waals surface area contributed by atoms with E-state index in [1.807, 2.05) is 32.9 Å². The average molecular weight is 354 g/mol. The highest BCUT2D eigenvalue weighted by Gasteiger charge is 2.31. The number of hydrogen-bond acceptors (Lipinski definition) is 3. The van der Waals surface area contributed by atoms with Crippen LogP contribution in [-0.2, 0) is 14.8 Å². The van der Waals surface area contributed by atoms with Crippen molar-refractivity contribution in [2.45, 2.75) is 38.1 Å². The fourth-order valence-corrected chi connectivity index (χ4v) is 4.18. The summed E-state index contributed by atoms with van der Waals surface area (Å²) >= 11 is 0. The average Bonchev–Trinajstić information content (AvgIpc) is 2.55. The third kappa shape index (κ3) is 4.78. The fraction of sp³-hybridized carbons (Fsp3) is 0.588. The first-order chi connectivity index (χ1) is 11.3. The second-order valence-corrected chi connectivity index (χ2v) is 8.46. The highest BCUT2D eigenvalue weighted by atomic mass is 32.2. The molecule has 1 heterocycles. The van der Waals surface area contributed by atoms with Gasteiger partial charge in [-0.05, 0) is 32.4 Å². The normalized spacial score (nSPS) is 18.3. The van der Waals surface area contributed by atoms with Gasteiger partial charge in [0, 0.05) is 6.04 Å². The summed E-state index contributed by atoms with van der Waals surface area (Å²) < 4.78 is 26.8. The molecule has 1 aliphatic rings. The van der Waals surface area contributed by atoms with E-state index in [-0.39, 0.29) is 11.9 Å². The van der Waals surface area contributed by atoms with Crippen LogP contribution in [0.5, 0.6) is 0 Å². The van der Waals surface area contributed by atoms with Crippen LogP contribution in [0.15, 0.2) is 29.2 Å². The zero-order valence-electron chi connectivity index (χ0n) is 14.7. The summed E-state index contributed by atoms with van der Waals surface area (Å²) in [6.45, 7) is 8.56. The van der Waals surface area contributed by atoms with Gasteiger partial charge in [-0.3, -0.25) is 4.79 Å². The number of rotatable bonds is 6. The van der Waals surface area contributed by atoms with E-state index in [1.54, 1.807) is 12.1 Å². The van der Waals surface area contributed by atoms with Crippen molar-refractivity contribution in [1.82, 2.24) is 9.62 Å². The third-order valence-corrected chi connectivity index (χ3v) is 6.43. The summed E-state index contributed by atoms with van der Waals surface area (Å²) in [5.74, 6) is 0.0363. The lowest BCUT2D eigenvalue weighted by atomic mass is 10.2. The quantitative estimate of drug-likeness (QED) is 0.743. The number of carbonyl (C=O) groups excluding carboxylic acids is 1. The summed E-state index contributed by atoms with van der Waals surface area (Å²) in [6, 6.07) is 7.12. The Balaban J connectivity index is 1.90. The number of benzene rings is 1. The van der Waals surface area contributed by atoms with Gasteiger partial charge in [-0.15, -0.1) is 0 Å². The minimum Gasteiger partial charge on any atom is -0.349 e. The van der Waals surface area contributed by atoms with Crippen LogP contribution in [0.25, 0.3) is 0 Å². The molecule has 0 spiro atoms. The number of piperazine rings is 1. The lowest BCUT2D eigenvalue weighted by molar-refractivity contribution is -0.895. The Morgan fingerprint density at radius 2 is 1.83 bits per heavy atom. The van der Waals surface area contributed by atoms with E-state index >= 15 is 0 Å². The number of aryl methyl sites for hydroxylation is 1. The molecule has 0 saturated carbocycles. The molecule has 6 nitrogen and oxygen atoms in total. The lowest BCUT2D eigenvalue weighted by Gasteiger charge is -2.31. The van der Waals surface area contributed by atoms with Gasteiger partial charge in [0.15, 0.2) is 6.54 Å². The van der Waals surface area contributed by atoms with Crippen molar-refractivity contribution in [1.29, 1.82) is 0 Å². The van der Waals surface area contributed by atoms with Gasteiger partial charge in [-0.25, -0.2) is 8.42 Å². The standard InChI is InChI=1S/C17H27N3O3S/c1-4-15(3)18-17(21)13-19-9-11-20(12-10-19)24(22,23)16-7-5-14(2)6-8-16/h5-8,15H,4,9-13H2,1-3H3,(H,18,21)/p+1/t15-/m1/s1. The molecule has 0 aliphatic carbocycles. The SMILES string of the molecule is CC[C@@H](C)NC(=O)C[NH+]1CCN(S(=O)(=O)c2ccc(C)cc2)CC1. The highest BCUT2D eigenvalue weighted by Crippen LogP contribution is 2.16. The Labute approximate surface area is 144 Å². The number of nitrogens with one attached hydrogen (secondary N) is 2. The number of sulfonamides is 1. The van der Waals surface area contributed by atoms with E-state index in [2.05, 4.69) is 5.32 Å². The molecule has 24 heavy (non-hydrogen) atoms. The van der Waals surface area contributed by atoms with Crippen molar-refractivity contribution in [2.75, 3.05) is 32.7 Å². The maximum absolute atomic E-state index is 12.6.